The second kappa shape index (κ2) is 17.2. The summed E-state index contributed by atoms with van der Waals surface area (Å²) in [5.41, 5.74) is 0. The van der Waals surface area contributed by atoms with E-state index in [9.17, 15) is 4.57 Å². The number of hydrogen-bond donors (Lipinski definition) is 4. The monoisotopic (exact) mass is 254 g/mol. The van der Waals surface area contributed by atoms with E-state index in [1.807, 2.05) is 0 Å². The molecule has 0 saturated carbocycles. The fourth-order valence-corrected chi connectivity index (χ4v) is 0.500. The van der Waals surface area contributed by atoms with Gasteiger partial charge in [-0.05, 0) is 26.2 Å². The van der Waals surface area contributed by atoms with Crippen molar-refractivity contribution in [3.8, 4) is 0 Å². The van der Waals surface area contributed by atoms with Crippen LogP contribution >= 0.6 is 7.60 Å². The molecule has 0 aromatic carbocycles. The minimum absolute atomic E-state index is 0.604. The molecule has 0 saturated heterocycles. The van der Waals surface area contributed by atoms with Gasteiger partial charge in [0.25, 0.3) is 0 Å². The van der Waals surface area contributed by atoms with Gasteiger partial charge in [-0.15, -0.1) is 0 Å². The fraction of sp³-hybridized carbons (Fsp3) is 0.800. The Morgan fingerprint density at radius 3 is 1.19 bits per heavy atom. The largest absolute Gasteiger partial charge is 0.348 e. The maximum Gasteiger partial charge on any atom is 0.348 e. The molecule has 16 heavy (non-hydrogen) atoms. The molecule has 0 amide bonds. The van der Waals surface area contributed by atoms with Gasteiger partial charge >= 0.3 is 7.60 Å². The van der Waals surface area contributed by atoms with E-state index in [0.717, 1.165) is 26.2 Å². The van der Waals surface area contributed by atoms with Crippen molar-refractivity contribution < 1.29 is 14.4 Å². The van der Waals surface area contributed by atoms with Gasteiger partial charge in [0.2, 0.25) is 0 Å². The van der Waals surface area contributed by atoms with Crippen LogP contribution in [0.3, 0.4) is 0 Å². The quantitative estimate of drug-likeness (QED) is 0.559. The van der Waals surface area contributed by atoms with Crippen LogP contribution in [0.2, 0.25) is 0 Å². The van der Waals surface area contributed by atoms with E-state index < -0.39 is 7.60 Å². The summed E-state index contributed by atoms with van der Waals surface area (Å²) in [6.45, 7) is 15.6. The smallest absolute Gasteiger partial charge is 0.321 e. The summed E-state index contributed by atoms with van der Waals surface area (Å²) in [6, 6.07) is 0. The van der Waals surface area contributed by atoms with Crippen LogP contribution in [0.25, 0.3) is 0 Å². The molecule has 4 N–H and O–H groups in total. The van der Waals surface area contributed by atoms with Crippen LogP contribution < -0.4 is 10.6 Å². The summed E-state index contributed by atoms with van der Waals surface area (Å²) in [4.78, 5) is 15.6. The second-order valence-electron chi connectivity index (χ2n) is 2.69. The lowest BCUT2D eigenvalue weighted by Gasteiger charge is -1.87. The maximum atomic E-state index is 9.58. The first-order chi connectivity index (χ1) is 7.39. The Balaban J connectivity index is -0.000000160. The Labute approximate surface area is 99.5 Å². The van der Waals surface area contributed by atoms with Gasteiger partial charge in [0.1, 0.15) is 0 Å². The molecule has 0 bridgehead atoms. The molecule has 0 fully saturated rings. The van der Waals surface area contributed by atoms with Crippen molar-refractivity contribution in [2.45, 2.75) is 27.7 Å². The molecule has 0 heterocycles. The minimum atomic E-state index is -3.88. The summed E-state index contributed by atoms with van der Waals surface area (Å²) >= 11 is 0. The molecule has 0 unspecified atom stereocenters. The Kier molecular flexibility index (Phi) is 22.7. The highest BCUT2D eigenvalue weighted by atomic mass is 31.2. The van der Waals surface area contributed by atoms with Gasteiger partial charge in [-0.25, -0.2) is 0 Å². The van der Waals surface area contributed by atoms with E-state index in [2.05, 4.69) is 44.9 Å². The third kappa shape index (κ3) is 48.9. The van der Waals surface area contributed by atoms with Crippen molar-refractivity contribution >= 4 is 7.60 Å². The summed E-state index contributed by atoms with van der Waals surface area (Å²) in [5, 5.41) is 6.22. The third-order valence-electron chi connectivity index (χ3n) is 1.24. The van der Waals surface area contributed by atoms with Crippen molar-refractivity contribution in [1.82, 2.24) is 10.6 Å². The van der Waals surface area contributed by atoms with Crippen molar-refractivity contribution in [2.75, 3.05) is 26.2 Å². The first kappa shape index (κ1) is 21.1. The average molecular weight is 254 g/mol. The van der Waals surface area contributed by atoms with E-state index >= 15 is 0 Å². The van der Waals surface area contributed by atoms with Gasteiger partial charge in [0.05, 0.1) is 0 Å². The summed E-state index contributed by atoms with van der Waals surface area (Å²) in [5.74, 6) is 0.604. The first-order valence-electron chi connectivity index (χ1n) is 5.49. The standard InChI is InChI=1S/2C4H11N.C2H5O3P/c2*1-3-5-4-2;1-2-6(3,4)5/h2*5H,3-4H2,1-2H3;2H,1H2,(H2,3,4,5). The SMILES string of the molecule is C=CP(=O)(O)O.CCNCC.CCNCC. The predicted molar refractivity (Wildman–Crippen MR) is 70.7 cm³/mol. The Morgan fingerprint density at radius 2 is 1.19 bits per heavy atom. The van der Waals surface area contributed by atoms with Crippen LogP contribution in [0.15, 0.2) is 12.4 Å². The van der Waals surface area contributed by atoms with Gasteiger partial charge < -0.3 is 20.4 Å². The zero-order valence-electron chi connectivity index (χ0n) is 10.9. The fourth-order valence-electron chi connectivity index (χ4n) is 0.500. The molecule has 6 heteroatoms. The van der Waals surface area contributed by atoms with E-state index in [1.54, 1.807) is 0 Å². The van der Waals surface area contributed by atoms with Crippen molar-refractivity contribution in [2.24, 2.45) is 0 Å². The lowest BCUT2D eigenvalue weighted by molar-refractivity contribution is 0.386. The van der Waals surface area contributed by atoms with Gasteiger partial charge in [-0.2, -0.15) is 0 Å². The predicted octanol–water partition coefficient (Wildman–Crippen LogP) is 1.54. The highest BCUT2D eigenvalue weighted by Gasteiger charge is 2.00. The van der Waals surface area contributed by atoms with Gasteiger partial charge in [0.15, 0.2) is 0 Å². The van der Waals surface area contributed by atoms with E-state index in [1.165, 1.54) is 0 Å². The topological polar surface area (TPSA) is 81.6 Å². The molecule has 0 atom stereocenters. The summed E-state index contributed by atoms with van der Waals surface area (Å²) < 4.78 is 9.58. The molecule has 0 radical (unpaired) electrons. The molecular formula is C10H27N2O3P. The molecule has 0 aliphatic rings. The highest BCUT2D eigenvalue weighted by molar-refractivity contribution is 7.55. The van der Waals surface area contributed by atoms with Crippen LogP contribution in [0, 0.1) is 0 Å². The van der Waals surface area contributed by atoms with Crippen LogP contribution in [0.1, 0.15) is 27.7 Å². The molecule has 0 aromatic rings. The Bertz CT molecular complexity index is 161. The molecule has 100 valence electrons. The van der Waals surface area contributed by atoms with Gasteiger partial charge in [0, 0.05) is 5.82 Å². The average Bonchev–Trinajstić information content (AvgIpc) is 2.21. The first-order valence-corrected chi connectivity index (χ1v) is 7.17. The number of nitrogens with one attached hydrogen (secondary N) is 2. The highest BCUT2D eigenvalue weighted by Crippen LogP contribution is 2.34. The lowest BCUT2D eigenvalue weighted by atomic mass is 10.7. The van der Waals surface area contributed by atoms with Crippen molar-refractivity contribution in [3.63, 3.8) is 0 Å². The van der Waals surface area contributed by atoms with Crippen LogP contribution in [-0.4, -0.2) is 36.0 Å². The molecular weight excluding hydrogens is 227 g/mol. The molecule has 0 aromatic heterocycles. The lowest BCUT2D eigenvalue weighted by Crippen LogP contribution is -2.09. The van der Waals surface area contributed by atoms with E-state index in [4.69, 9.17) is 9.79 Å². The zero-order valence-corrected chi connectivity index (χ0v) is 11.8. The second-order valence-corrected chi connectivity index (χ2v) is 4.23. The van der Waals surface area contributed by atoms with Crippen LogP contribution in [0.4, 0.5) is 0 Å². The maximum absolute atomic E-state index is 9.58. The normalized spacial score (nSPS) is 9.38. The number of rotatable bonds is 5. The molecule has 0 aliphatic carbocycles. The Hall–Kier alpha value is -0.190. The molecule has 0 spiro atoms. The zero-order chi connectivity index (χ0) is 13.4. The van der Waals surface area contributed by atoms with E-state index in [0.29, 0.717) is 5.82 Å². The van der Waals surface area contributed by atoms with Crippen molar-refractivity contribution in [3.05, 3.63) is 12.4 Å². The molecule has 0 aliphatic heterocycles. The summed E-state index contributed by atoms with van der Waals surface area (Å²) in [6.07, 6.45) is 0. The molecule has 0 rings (SSSR count). The van der Waals surface area contributed by atoms with Crippen LogP contribution in [0.5, 0.6) is 0 Å². The summed E-state index contributed by atoms with van der Waals surface area (Å²) in [7, 11) is -3.88. The Morgan fingerprint density at radius 1 is 1.00 bits per heavy atom. The number of hydrogen-bond acceptors (Lipinski definition) is 3. The molecule has 5 nitrogen and oxygen atoms in total. The van der Waals surface area contributed by atoms with Crippen LogP contribution in [-0.2, 0) is 4.57 Å². The minimum Gasteiger partial charge on any atom is -0.321 e. The van der Waals surface area contributed by atoms with Crippen molar-refractivity contribution in [1.29, 1.82) is 0 Å². The van der Waals surface area contributed by atoms with Gasteiger partial charge in [-0.1, -0.05) is 34.3 Å². The third-order valence-corrected chi connectivity index (χ3v) is 1.71. The van der Waals surface area contributed by atoms with E-state index in [-0.39, 0.29) is 0 Å². The van der Waals surface area contributed by atoms with Gasteiger partial charge in [-0.3, -0.25) is 4.57 Å².